The largest absolute Gasteiger partial charge is 0.419 e. The first-order chi connectivity index (χ1) is 15.6. The Labute approximate surface area is 191 Å². The number of nitrogens with zero attached hydrogens (tertiary/aromatic N) is 3. The Morgan fingerprint density at radius 3 is 2.55 bits per heavy atom. The molecule has 1 aromatic carbocycles. The summed E-state index contributed by atoms with van der Waals surface area (Å²) in [6.07, 6.45) is -1.96. The molecule has 2 aromatic rings. The van der Waals surface area contributed by atoms with Gasteiger partial charge in [-0.05, 0) is 56.5 Å². The number of amides is 2. The lowest BCUT2D eigenvalue weighted by Crippen LogP contribution is -2.43. The second-order valence-electron chi connectivity index (χ2n) is 8.58. The van der Waals surface area contributed by atoms with Crippen LogP contribution in [-0.2, 0) is 17.5 Å². The number of carbonyl (C=O) groups is 2. The molecule has 1 unspecified atom stereocenters. The van der Waals surface area contributed by atoms with Crippen molar-refractivity contribution in [2.75, 3.05) is 25.0 Å². The Hall–Kier alpha value is -3.10. The van der Waals surface area contributed by atoms with E-state index in [0.29, 0.717) is 24.9 Å². The summed E-state index contributed by atoms with van der Waals surface area (Å²) in [6, 6.07) is 9.40. The van der Waals surface area contributed by atoms with Crippen LogP contribution in [-0.4, -0.2) is 47.9 Å². The lowest BCUT2D eigenvalue weighted by atomic mass is 9.96. The summed E-state index contributed by atoms with van der Waals surface area (Å²) in [4.78, 5) is 32.2. The third-order valence-corrected chi connectivity index (χ3v) is 5.95. The first-order valence-corrected chi connectivity index (χ1v) is 11.0. The lowest BCUT2D eigenvalue weighted by Gasteiger charge is -2.34. The summed E-state index contributed by atoms with van der Waals surface area (Å²) >= 11 is 0. The highest BCUT2D eigenvalue weighted by Gasteiger charge is 2.37. The smallest absolute Gasteiger partial charge is 0.355 e. The van der Waals surface area contributed by atoms with Gasteiger partial charge in [0.05, 0.1) is 11.5 Å². The second-order valence-corrected chi connectivity index (χ2v) is 8.58. The predicted octanol–water partition coefficient (Wildman–Crippen LogP) is 4.11. The molecule has 33 heavy (non-hydrogen) atoms. The van der Waals surface area contributed by atoms with Gasteiger partial charge < -0.3 is 15.1 Å². The Bertz CT molecular complexity index is 976. The van der Waals surface area contributed by atoms with E-state index in [0.717, 1.165) is 11.6 Å². The van der Waals surface area contributed by atoms with Crippen molar-refractivity contribution in [2.45, 2.75) is 45.5 Å². The van der Waals surface area contributed by atoms with Gasteiger partial charge in [0, 0.05) is 44.5 Å². The van der Waals surface area contributed by atoms with Crippen LogP contribution < -0.4 is 10.2 Å². The van der Waals surface area contributed by atoms with Gasteiger partial charge in [-0.15, -0.1) is 0 Å². The van der Waals surface area contributed by atoms with Crippen LogP contribution in [0.3, 0.4) is 0 Å². The molecule has 1 N–H and O–H groups in total. The van der Waals surface area contributed by atoms with Crippen molar-refractivity contribution in [1.29, 1.82) is 0 Å². The molecule has 1 aromatic heterocycles. The van der Waals surface area contributed by atoms with Crippen molar-refractivity contribution in [2.24, 2.45) is 5.92 Å². The quantitative estimate of drug-likeness (QED) is 0.702. The van der Waals surface area contributed by atoms with Crippen LogP contribution in [0.1, 0.15) is 48.2 Å². The van der Waals surface area contributed by atoms with Gasteiger partial charge in [-0.1, -0.05) is 12.1 Å². The molecule has 0 saturated carbocycles. The fourth-order valence-electron chi connectivity index (χ4n) is 3.79. The third kappa shape index (κ3) is 6.03. The van der Waals surface area contributed by atoms with E-state index < -0.39 is 17.7 Å². The van der Waals surface area contributed by atoms with E-state index in [1.54, 1.807) is 41.1 Å². The van der Waals surface area contributed by atoms with Crippen molar-refractivity contribution in [3.8, 4) is 0 Å². The molecule has 1 fully saturated rings. The fourth-order valence-corrected chi connectivity index (χ4v) is 3.79. The lowest BCUT2D eigenvalue weighted by molar-refractivity contribution is -0.137. The minimum absolute atomic E-state index is 0.0735. The number of benzene rings is 1. The van der Waals surface area contributed by atoms with E-state index in [1.807, 2.05) is 13.8 Å². The molecule has 0 bridgehead atoms. The van der Waals surface area contributed by atoms with Gasteiger partial charge in [0.2, 0.25) is 5.91 Å². The number of nitrogens with one attached hydrogen (secondary N) is 1. The maximum Gasteiger partial charge on any atom is 0.419 e. The number of pyridine rings is 1. The van der Waals surface area contributed by atoms with E-state index in [1.165, 1.54) is 12.3 Å². The zero-order chi connectivity index (χ0) is 24.2. The van der Waals surface area contributed by atoms with Crippen molar-refractivity contribution in [3.05, 3.63) is 59.3 Å². The average molecular weight is 463 g/mol. The van der Waals surface area contributed by atoms with E-state index in [9.17, 15) is 22.8 Å². The molecule has 1 saturated heterocycles. The SMILES string of the molecule is CC(C)N(C)C(=O)c1ccc(CNC(=O)C2CCCN(c3ncccc3C(F)(F)F)C2)cc1. The minimum Gasteiger partial charge on any atom is -0.355 e. The molecule has 9 heteroatoms. The Kier molecular flexibility index (Phi) is 7.61. The molecular formula is C24H29F3N4O2. The van der Waals surface area contributed by atoms with Gasteiger partial charge in [0.1, 0.15) is 5.82 Å². The number of halogens is 3. The Morgan fingerprint density at radius 2 is 1.91 bits per heavy atom. The molecule has 1 atom stereocenters. The Balaban J connectivity index is 1.60. The second kappa shape index (κ2) is 10.2. The summed E-state index contributed by atoms with van der Waals surface area (Å²) in [5.74, 6) is -0.837. The molecule has 1 aliphatic heterocycles. The highest BCUT2D eigenvalue weighted by molar-refractivity contribution is 5.94. The summed E-state index contributed by atoms with van der Waals surface area (Å²) in [5.41, 5.74) is 0.618. The zero-order valence-electron chi connectivity index (χ0n) is 19.0. The maximum absolute atomic E-state index is 13.4. The van der Waals surface area contributed by atoms with Crippen LogP contribution in [0.25, 0.3) is 0 Å². The van der Waals surface area contributed by atoms with Gasteiger partial charge >= 0.3 is 6.18 Å². The number of rotatable bonds is 6. The highest BCUT2D eigenvalue weighted by atomic mass is 19.4. The van der Waals surface area contributed by atoms with E-state index in [4.69, 9.17) is 0 Å². The fraction of sp³-hybridized carbons (Fsp3) is 0.458. The molecule has 0 radical (unpaired) electrons. The van der Waals surface area contributed by atoms with E-state index in [-0.39, 0.29) is 36.8 Å². The van der Waals surface area contributed by atoms with Crippen molar-refractivity contribution < 1.29 is 22.8 Å². The first kappa shape index (κ1) is 24.5. The highest BCUT2D eigenvalue weighted by Crippen LogP contribution is 2.36. The molecule has 0 aliphatic carbocycles. The normalized spacial score (nSPS) is 16.6. The molecule has 2 heterocycles. The van der Waals surface area contributed by atoms with Crippen LogP contribution in [0.5, 0.6) is 0 Å². The van der Waals surface area contributed by atoms with Crippen molar-refractivity contribution in [1.82, 2.24) is 15.2 Å². The predicted molar refractivity (Wildman–Crippen MR) is 120 cm³/mol. The molecule has 6 nitrogen and oxygen atoms in total. The number of hydrogen-bond donors (Lipinski definition) is 1. The average Bonchev–Trinajstić information content (AvgIpc) is 2.81. The van der Waals surface area contributed by atoms with Gasteiger partial charge in [-0.25, -0.2) is 4.98 Å². The van der Waals surface area contributed by atoms with Gasteiger partial charge in [0.15, 0.2) is 0 Å². The van der Waals surface area contributed by atoms with Gasteiger partial charge in [-0.3, -0.25) is 9.59 Å². The van der Waals surface area contributed by atoms with E-state index >= 15 is 0 Å². The summed E-state index contributed by atoms with van der Waals surface area (Å²) in [5, 5.41) is 2.87. The van der Waals surface area contributed by atoms with Crippen molar-refractivity contribution in [3.63, 3.8) is 0 Å². The maximum atomic E-state index is 13.4. The minimum atomic E-state index is -4.50. The van der Waals surface area contributed by atoms with Crippen LogP contribution in [0.15, 0.2) is 42.6 Å². The monoisotopic (exact) mass is 462 g/mol. The third-order valence-electron chi connectivity index (χ3n) is 5.95. The van der Waals surface area contributed by atoms with Crippen LogP contribution in [0.2, 0.25) is 0 Å². The Morgan fingerprint density at radius 1 is 1.21 bits per heavy atom. The molecular weight excluding hydrogens is 433 g/mol. The first-order valence-electron chi connectivity index (χ1n) is 11.0. The van der Waals surface area contributed by atoms with Gasteiger partial charge in [-0.2, -0.15) is 13.2 Å². The standard InChI is InChI=1S/C24H29F3N4O2/c1-16(2)30(3)23(33)18-10-8-17(9-11-18)14-29-22(32)19-6-5-13-31(15-19)21-20(24(25,26)27)7-4-12-28-21/h4,7-12,16,19H,5-6,13-15H2,1-3H3,(H,29,32). The van der Waals surface area contributed by atoms with Crippen LogP contribution in [0.4, 0.5) is 19.0 Å². The number of alkyl halides is 3. The van der Waals surface area contributed by atoms with Crippen molar-refractivity contribution >= 4 is 17.6 Å². The van der Waals surface area contributed by atoms with Crippen LogP contribution in [0, 0.1) is 5.92 Å². The molecule has 0 spiro atoms. The molecule has 178 valence electrons. The molecule has 2 amide bonds. The topological polar surface area (TPSA) is 65.5 Å². The number of carbonyl (C=O) groups excluding carboxylic acids is 2. The number of piperidine rings is 1. The number of hydrogen-bond acceptors (Lipinski definition) is 4. The van der Waals surface area contributed by atoms with Gasteiger partial charge in [0.25, 0.3) is 5.91 Å². The zero-order valence-corrected chi connectivity index (χ0v) is 19.0. The molecule has 1 aliphatic rings. The van der Waals surface area contributed by atoms with Crippen LogP contribution >= 0.6 is 0 Å². The number of anilines is 1. The van der Waals surface area contributed by atoms with E-state index in [2.05, 4.69) is 10.3 Å². The number of aromatic nitrogens is 1. The molecule has 3 rings (SSSR count). The summed E-state index contributed by atoms with van der Waals surface area (Å²) < 4.78 is 40.1. The summed E-state index contributed by atoms with van der Waals surface area (Å²) in [6.45, 7) is 4.75. The summed E-state index contributed by atoms with van der Waals surface area (Å²) in [7, 11) is 1.75.